The molecule has 0 aliphatic rings. The highest BCUT2D eigenvalue weighted by molar-refractivity contribution is 5.77. The second kappa shape index (κ2) is 4.62. The molecular weight excluding hydrogens is 188 g/mol. The van der Waals surface area contributed by atoms with Crippen molar-refractivity contribution >= 4 is 6.29 Å². The third-order valence-corrected chi connectivity index (χ3v) is 3.07. The Labute approximate surface area is 91.7 Å². The van der Waals surface area contributed by atoms with Gasteiger partial charge in [-0.15, -0.1) is 0 Å². The summed E-state index contributed by atoms with van der Waals surface area (Å²) < 4.78 is 2.20. The Morgan fingerprint density at radius 3 is 2.47 bits per heavy atom. The fraction of sp³-hybridized carbons (Fsp3) is 0.583. The van der Waals surface area contributed by atoms with Crippen LogP contribution in [0.15, 0.2) is 6.07 Å². The number of likely N-dealkylation sites (N-methyl/N-ethyl adjacent to an activating group) is 1. The van der Waals surface area contributed by atoms with E-state index in [9.17, 15) is 4.79 Å². The van der Waals surface area contributed by atoms with E-state index in [0.717, 1.165) is 29.8 Å². The fourth-order valence-electron chi connectivity index (χ4n) is 1.66. The summed E-state index contributed by atoms with van der Waals surface area (Å²) in [6, 6.07) is 2.42. The minimum atomic E-state index is 0.467. The van der Waals surface area contributed by atoms with Crippen LogP contribution in [0, 0.1) is 13.8 Å². The molecule has 0 bridgehead atoms. The molecule has 1 aromatic heterocycles. The van der Waals surface area contributed by atoms with Gasteiger partial charge >= 0.3 is 0 Å². The molecule has 0 saturated carbocycles. The molecule has 1 atom stereocenters. The van der Waals surface area contributed by atoms with Crippen LogP contribution in [0.4, 0.5) is 0 Å². The largest absolute Gasteiger partial charge is 0.347 e. The molecule has 1 aromatic rings. The number of hydrogen-bond acceptors (Lipinski definition) is 2. The van der Waals surface area contributed by atoms with Crippen LogP contribution in [0.25, 0.3) is 0 Å². The van der Waals surface area contributed by atoms with E-state index in [0.29, 0.717) is 6.04 Å². The van der Waals surface area contributed by atoms with Gasteiger partial charge in [0.15, 0.2) is 6.29 Å². The number of nitrogens with zero attached hydrogens (tertiary/aromatic N) is 2. The van der Waals surface area contributed by atoms with E-state index >= 15 is 0 Å². The normalized spacial score (nSPS) is 13.2. The molecule has 84 valence electrons. The van der Waals surface area contributed by atoms with Crippen LogP contribution in [0.2, 0.25) is 0 Å². The van der Waals surface area contributed by atoms with E-state index in [1.54, 1.807) is 0 Å². The predicted molar refractivity (Wildman–Crippen MR) is 62.4 cm³/mol. The Hall–Kier alpha value is -1.09. The van der Waals surface area contributed by atoms with Gasteiger partial charge in [0.1, 0.15) is 0 Å². The lowest BCUT2D eigenvalue weighted by Gasteiger charge is -2.22. The van der Waals surface area contributed by atoms with Crippen LogP contribution in [0.5, 0.6) is 0 Å². The Bertz CT molecular complexity index is 353. The van der Waals surface area contributed by atoms with E-state index in [2.05, 4.69) is 30.5 Å². The maximum Gasteiger partial charge on any atom is 0.151 e. The first-order valence-electron chi connectivity index (χ1n) is 5.25. The van der Waals surface area contributed by atoms with Gasteiger partial charge < -0.3 is 9.47 Å². The highest BCUT2D eigenvalue weighted by atomic mass is 16.1. The second-order valence-corrected chi connectivity index (χ2v) is 4.37. The lowest BCUT2D eigenvalue weighted by atomic mass is 10.2. The van der Waals surface area contributed by atoms with Gasteiger partial charge in [0, 0.05) is 29.5 Å². The minimum absolute atomic E-state index is 0.467. The highest BCUT2D eigenvalue weighted by Gasteiger charge is 2.12. The van der Waals surface area contributed by atoms with E-state index in [1.807, 2.05) is 19.9 Å². The Morgan fingerprint density at radius 1 is 1.47 bits per heavy atom. The molecule has 0 aliphatic heterocycles. The molecule has 1 heterocycles. The summed E-state index contributed by atoms with van der Waals surface area (Å²) in [7, 11) is 4.14. The van der Waals surface area contributed by atoms with Crippen molar-refractivity contribution in [3.05, 3.63) is 23.0 Å². The van der Waals surface area contributed by atoms with Gasteiger partial charge in [0.2, 0.25) is 0 Å². The first kappa shape index (κ1) is 12.0. The van der Waals surface area contributed by atoms with E-state index in [-0.39, 0.29) is 0 Å². The van der Waals surface area contributed by atoms with Crippen LogP contribution in [0.3, 0.4) is 0 Å². The molecule has 0 amide bonds. The molecule has 3 nitrogen and oxygen atoms in total. The molecule has 15 heavy (non-hydrogen) atoms. The molecule has 1 unspecified atom stereocenters. The number of carbonyl (C=O) groups excluding carboxylic acids is 1. The van der Waals surface area contributed by atoms with E-state index < -0.39 is 0 Å². The van der Waals surface area contributed by atoms with Crippen LogP contribution in [-0.4, -0.2) is 35.9 Å². The predicted octanol–water partition coefficient (Wildman–Crippen LogP) is 1.87. The molecular formula is C12H20N2O. The summed E-state index contributed by atoms with van der Waals surface area (Å²) >= 11 is 0. The van der Waals surface area contributed by atoms with Crippen molar-refractivity contribution in [1.29, 1.82) is 0 Å². The zero-order valence-corrected chi connectivity index (χ0v) is 10.2. The van der Waals surface area contributed by atoms with Crippen molar-refractivity contribution in [3.8, 4) is 0 Å². The second-order valence-electron chi connectivity index (χ2n) is 4.37. The summed E-state index contributed by atoms with van der Waals surface area (Å²) in [5.41, 5.74) is 3.03. The summed E-state index contributed by atoms with van der Waals surface area (Å²) in [4.78, 5) is 13.0. The average molecular weight is 208 g/mol. The monoisotopic (exact) mass is 208 g/mol. The third kappa shape index (κ3) is 2.48. The number of hydrogen-bond donors (Lipinski definition) is 0. The van der Waals surface area contributed by atoms with E-state index in [4.69, 9.17) is 0 Å². The third-order valence-electron chi connectivity index (χ3n) is 3.07. The lowest BCUT2D eigenvalue weighted by Crippen LogP contribution is -2.29. The molecule has 1 rings (SSSR count). The van der Waals surface area contributed by atoms with Gasteiger partial charge in [-0.1, -0.05) is 0 Å². The van der Waals surface area contributed by atoms with Crippen molar-refractivity contribution in [2.75, 3.05) is 14.1 Å². The topological polar surface area (TPSA) is 25.2 Å². The van der Waals surface area contributed by atoms with E-state index in [1.165, 1.54) is 0 Å². The molecule has 0 N–H and O–H groups in total. The maximum atomic E-state index is 10.8. The number of aromatic nitrogens is 1. The molecule has 0 aromatic carbocycles. The molecule has 0 fully saturated rings. The maximum absolute atomic E-state index is 10.8. The molecule has 3 heteroatoms. The Kier molecular flexibility index (Phi) is 3.69. The van der Waals surface area contributed by atoms with Crippen LogP contribution in [0.1, 0.15) is 28.7 Å². The first-order chi connectivity index (χ1) is 6.97. The fourth-order valence-corrected chi connectivity index (χ4v) is 1.66. The van der Waals surface area contributed by atoms with Gasteiger partial charge in [0.25, 0.3) is 0 Å². The molecule has 0 radical (unpaired) electrons. The van der Waals surface area contributed by atoms with Crippen molar-refractivity contribution in [2.45, 2.75) is 33.4 Å². The molecule has 0 saturated heterocycles. The Balaban J connectivity index is 2.94. The van der Waals surface area contributed by atoms with Crippen molar-refractivity contribution in [3.63, 3.8) is 0 Å². The van der Waals surface area contributed by atoms with Crippen LogP contribution in [-0.2, 0) is 6.54 Å². The van der Waals surface area contributed by atoms with Gasteiger partial charge in [-0.2, -0.15) is 0 Å². The number of aryl methyl sites for hydroxylation is 1. The summed E-state index contributed by atoms with van der Waals surface area (Å²) in [6.07, 6.45) is 0.930. The number of rotatable bonds is 4. The lowest BCUT2D eigenvalue weighted by molar-refractivity contribution is 0.112. The number of carbonyl (C=O) groups is 1. The zero-order chi connectivity index (χ0) is 11.6. The van der Waals surface area contributed by atoms with Crippen molar-refractivity contribution < 1.29 is 4.79 Å². The first-order valence-corrected chi connectivity index (χ1v) is 5.25. The highest BCUT2D eigenvalue weighted by Crippen LogP contribution is 2.14. The van der Waals surface area contributed by atoms with Crippen LogP contribution < -0.4 is 0 Å². The SMILES string of the molecule is Cc1cc(C=O)c(C)n1CC(C)N(C)C. The Morgan fingerprint density at radius 2 is 2.07 bits per heavy atom. The standard InChI is InChI=1S/C12H20N2O/c1-9-6-12(8-15)11(3)14(9)7-10(2)13(4)5/h6,8,10H,7H2,1-5H3. The van der Waals surface area contributed by atoms with Gasteiger partial charge in [0.05, 0.1) is 0 Å². The minimum Gasteiger partial charge on any atom is -0.347 e. The van der Waals surface area contributed by atoms with Gasteiger partial charge in [-0.3, -0.25) is 4.79 Å². The average Bonchev–Trinajstić information content (AvgIpc) is 2.44. The number of aldehydes is 1. The smallest absolute Gasteiger partial charge is 0.151 e. The summed E-state index contributed by atoms with van der Waals surface area (Å²) in [5, 5.41) is 0. The molecule has 0 aliphatic carbocycles. The van der Waals surface area contributed by atoms with Gasteiger partial charge in [-0.25, -0.2) is 0 Å². The zero-order valence-electron chi connectivity index (χ0n) is 10.2. The molecule has 0 spiro atoms. The van der Waals surface area contributed by atoms with Gasteiger partial charge in [-0.05, 0) is 40.9 Å². The van der Waals surface area contributed by atoms with Crippen molar-refractivity contribution in [2.24, 2.45) is 0 Å². The van der Waals surface area contributed by atoms with Crippen LogP contribution >= 0.6 is 0 Å². The summed E-state index contributed by atoms with van der Waals surface area (Å²) in [6.45, 7) is 7.15. The quantitative estimate of drug-likeness (QED) is 0.706. The summed E-state index contributed by atoms with van der Waals surface area (Å²) in [5.74, 6) is 0. The van der Waals surface area contributed by atoms with Crippen molar-refractivity contribution in [1.82, 2.24) is 9.47 Å².